The Morgan fingerprint density at radius 3 is 2.50 bits per heavy atom. The molecular formula is C18H30IN3O4. The van der Waals surface area contributed by atoms with E-state index in [0.717, 1.165) is 18.0 Å². The predicted molar refractivity (Wildman–Crippen MR) is 114 cm³/mol. The zero-order chi connectivity index (χ0) is 18.7. The number of ether oxygens (including phenoxy) is 3. The number of aliphatic imine (C=N–C) groups is 1. The molecule has 2 atom stereocenters. The summed E-state index contributed by atoms with van der Waals surface area (Å²) in [6, 6.07) is 7.48. The van der Waals surface area contributed by atoms with Gasteiger partial charge in [0, 0.05) is 12.6 Å². The average molecular weight is 479 g/mol. The van der Waals surface area contributed by atoms with Crippen molar-refractivity contribution in [2.24, 2.45) is 10.9 Å². The van der Waals surface area contributed by atoms with Gasteiger partial charge in [-0.15, -0.1) is 24.0 Å². The third kappa shape index (κ3) is 9.12. The molecule has 2 unspecified atom stereocenters. The van der Waals surface area contributed by atoms with E-state index >= 15 is 0 Å². The van der Waals surface area contributed by atoms with Crippen LogP contribution in [0.15, 0.2) is 29.3 Å². The highest BCUT2D eigenvalue weighted by molar-refractivity contribution is 14.0. The van der Waals surface area contributed by atoms with Crippen LogP contribution in [0.25, 0.3) is 0 Å². The standard InChI is InChI=1S/C18H29N3O4.HI/c1-6-19-18(20-11-13(2)17(22)24-5)21-12-14(3)25-16-9-7-8-15(10-16)23-4;/h7-10,13-14H,6,11-12H2,1-5H3,(H2,19,20,21);1H. The van der Waals surface area contributed by atoms with E-state index in [1.807, 2.05) is 38.1 Å². The molecule has 1 aromatic rings. The number of methoxy groups -OCH3 is 2. The van der Waals surface area contributed by atoms with Crippen LogP contribution in [0, 0.1) is 5.92 Å². The van der Waals surface area contributed by atoms with Gasteiger partial charge in [0.1, 0.15) is 17.6 Å². The van der Waals surface area contributed by atoms with Crippen LogP contribution in [0.5, 0.6) is 11.5 Å². The smallest absolute Gasteiger partial charge is 0.310 e. The highest BCUT2D eigenvalue weighted by atomic mass is 127. The maximum absolute atomic E-state index is 11.4. The Labute approximate surface area is 172 Å². The molecule has 0 spiro atoms. The van der Waals surface area contributed by atoms with Gasteiger partial charge >= 0.3 is 5.97 Å². The monoisotopic (exact) mass is 479 g/mol. The number of nitrogens with zero attached hydrogens (tertiary/aromatic N) is 1. The summed E-state index contributed by atoms with van der Waals surface area (Å²) < 4.78 is 15.8. The van der Waals surface area contributed by atoms with E-state index in [4.69, 9.17) is 14.2 Å². The summed E-state index contributed by atoms with van der Waals surface area (Å²) in [6.07, 6.45) is -0.0750. The van der Waals surface area contributed by atoms with Crippen LogP contribution in [-0.4, -0.2) is 51.9 Å². The molecule has 1 rings (SSSR count). The summed E-state index contributed by atoms with van der Waals surface area (Å²) in [6.45, 7) is 7.38. The van der Waals surface area contributed by atoms with Gasteiger partial charge in [-0.1, -0.05) is 13.0 Å². The molecule has 26 heavy (non-hydrogen) atoms. The van der Waals surface area contributed by atoms with E-state index in [-0.39, 0.29) is 42.0 Å². The Morgan fingerprint density at radius 1 is 1.19 bits per heavy atom. The second-order valence-electron chi connectivity index (χ2n) is 5.63. The number of carbonyl (C=O) groups is 1. The van der Waals surface area contributed by atoms with Gasteiger partial charge in [0.15, 0.2) is 5.96 Å². The molecule has 0 bridgehead atoms. The van der Waals surface area contributed by atoms with Crippen LogP contribution in [0.3, 0.4) is 0 Å². The van der Waals surface area contributed by atoms with Crippen LogP contribution < -0.4 is 20.1 Å². The molecule has 0 fully saturated rings. The van der Waals surface area contributed by atoms with Crippen LogP contribution in [0.2, 0.25) is 0 Å². The Hall–Kier alpha value is -1.71. The minimum Gasteiger partial charge on any atom is -0.497 e. The molecule has 0 aliphatic heterocycles. The normalized spacial score (nSPS) is 13.0. The molecule has 2 N–H and O–H groups in total. The van der Waals surface area contributed by atoms with Crippen molar-refractivity contribution in [2.75, 3.05) is 33.9 Å². The molecular weight excluding hydrogens is 449 g/mol. The largest absolute Gasteiger partial charge is 0.497 e. The Balaban J connectivity index is 0.00000625. The Kier molecular flexibility index (Phi) is 12.6. The fourth-order valence-corrected chi connectivity index (χ4v) is 2.03. The summed E-state index contributed by atoms with van der Waals surface area (Å²) in [5.74, 6) is 1.58. The molecule has 0 aliphatic carbocycles. The van der Waals surface area contributed by atoms with Crippen LogP contribution >= 0.6 is 24.0 Å². The van der Waals surface area contributed by atoms with Crippen molar-refractivity contribution in [3.05, 3.63) is 24.3 Å². The number of guanidine groups is 1. The lowest BCUT2D eigenvalue weighted by molar-refractivity contribution is -0.144. The van der Waals surface area contributed by atoms with E-state index in [9.17, 15) is 4.79 Å². The van der Waals surface area contributed by atoms with Gasteiger partial charge in [-0.3, -0.25) is 9.79 Å². The van der Waals surface area contributed by atoms with Gasteiger partial charge < -0.3 is 24.8 Å². The zero-order valence-corrected chi connectivity index (χ0v) is 18.4. The molecule has 0 radical (unpaired) electrons. The molecule has 0 aliphatic rings. The summed E-state index contributed by atoms with van der Waals surface area (Å²) in [5.41, 5.74) is 0. The maximum Gasteiger partial charge on any atom is 0.310 e. The van der Waals surface area contributed by atoms with Gasteiger partial charge in [0.2, 0.25) is 0 Å². The third-order valence-corrected chi connectivity index (χ3v) is 3.41. The number of halogens is 1. The fraction of sp³-hybridized carbons (Fsp3) is 0.556. The van der Waals surface area contributed by atoms with Gasteiger partial charge in [0.05, 0.1) is 33.2 Å². The third-order valence-electron chi connectivity index (χ3n) is 3.41. The first kappa shape index (κ1) is 24.3. The van der Waals surface area contributed by atoms with Crippen LogP contribution in [-0.2, 0) is 9.53 Å². The highest BCUT2D eigenvalue weighted by Gasteiger charge is 2.13. The molecule has 148 valence electrons. The molecule has 0 saturated carbocycles. The highest BCUT2D eigenvalue weighted by Crippen LogP contribution is 2.19. The van der Waals surface area contributed by atoms with Gasteiger partial charge in [-0.25, -0.2) is 0 Å². The second-order valence-corrected chi connectivity index (χ2v) is 5.63. The van der Waals surface area contributed by atoms with Crippen LogP contribution in [0.1, 0.15) is 20.8 Å². The Bertz CT molecular complexity index is 569. The fourth-order valence-electron chi connectivity index (χ4n) is 2.03. The first-order valence-corrected chi connectivity index (χ1v) is 8.40. The number of benzene rings is 1. The van der Waals surface area contributed by atoms with Crippen molar-refractivity contribution in [2.45, 2.75) is 26.9 Å². The second kappa shape index (κ2) is 13.5. The number of carbonyl (C=O) groups excluding carboxylic acids is 1. The molecule has 7 nitrogen and oxygen atoms in total. The first-order valence-electron chi connectivity index (χ1n) is 8.40. The number of nitrogens with one attached hydrogen (secondary N) is 2. The SMILES string of the molecule is CCNC(=NCC(C)C(=O)OC)NCC(C)Oc1cccc(OC)c1.I. The van der Waals surface area contributed by atoms with Crippen LogP contribution in [0.4, 0.5) is 0 Å². The topological polar surface area (TPSA) is 81.2 Å². The molecule has 0 amide bonds. The lowest BCUT2D eigenvalue weighted by Crippen LogP contribution is -2.42. The quantitative estimate of drug-likeness (QED) is 0.245. The summed E-state index contributed by atoms with van der Waals surface area (Å²) >= 11 is 0. The lowest BCUT2D eigenvalue weighted by Gasteiger charge is -2.18. The molecule has 1 aromatic carbocycles. The molecule has 0 heterocycles. The molecule has 0 aromatic heterocycles. The number of hydrogen-bond donors (Lipinski definition) is 2. The minimum absolute atomic E-state index is 0. The summed E-state index contributed by atoms with van der Waals surface area (Å²) in [4.78, 5) is 15.8. The van der Waals surface area contributed by atoms with E-state index < -0.39 is 0 Å². The van der Waals surface area contributed by atoms with Crippen molar-refractivity contribution in [1.82, 2.24) is 10.6 Å². The minimum atomic E-state index is -0.286. The van der Waals surface area contributed by atoms with Crippen molar-refractivity contribution in [3.8, 4) is 11.5 Å². The van der Waals surface area contributed by atoms with Gasteiger partial charge in [-0.05, 0) is 26.0 Å². The van der Waals surface area contributed by atoms with E-state index in [1.165, 1.54) is 7.11 Å². The van der Waals surface area contributed by atoms with Gasteiger partial charge in [0.25, 0.3) is 0 Å². The van der Waals surface area contributed by atoms with Gasteiger partial charge in [-0.2, -0.15) is 0 Å². The van der Waals surface area contributed by atoms with Crippen molar-refractivity contribution < 1.29 is 19.0 Å². The maximum atomic E-state index is 11.4. The van der Waals surface area contributed by atoms with Crippen molar-refractivity contribution >= 4 is 35.9 Å². The summed E-state index contributed by atoms with van der Waals surface area (Å²) in [5, 5.41) is 6.36. The van der Waals surface area contributed by atoms with E-state index in [2.05, 4.69) is 15.6 Å². The van der Waals surface area contributed by atoms with Crippen molar-refractivity contribution in [3.63, 3.8) is 0 Å². The van der Waals surface area contributed by atoms with Crippen molar-refractivity contribution in [1.29, 1.82) is 0 Å². The Morgan fingerprint density at radius 2 is 1.88 bits per heavy atom. The summed E-state index contributed by atoms with van der Waals surface area (Å²) in [7, 11) is 3.00. The predicted octanol–water partition coefficient (Wildman–Crippen LogP) is 2.44. The van der Waals surface area contributed by atoms with E-state index in [0.29, 0.717) is 19.0 Å². The number of esters is 1. The zero-order valence-electron chi connectivity index (χ0n) is 16.1. The number of hydrogen-bond acceptors (Lipinski definition) is 5. The van der Waals surface area contributed by atoms with E-state index in [1.54, 1.807) is 14.0 Å². The molecule has 8 heteroatoms. The average Bonchev–Trinajstić information content (AvgIpc) is 2.63. The molecule has 0 saturated heterocycles. The first-order chi connectivity index (χ1) is 12.0. The number of rotatable bonds is 9. The lowest BCUT2D eigenvalue weighted by atomic mass is 10.2.